The van der Waals surface area contributed by atoms with Gasteiger partial charge in [-0.15, -0.1) is 0 Å². The van der Waals surface area contributed by atoms with Crippen LogP contribution in [0, 0.1) is 11.2 Å². The first kappa shape index (κ1) is 12.4. The van der Waals surface area contributed by atoms with Gasteiger partial charge in [0, 0.05) is 13.1 Å². The van der Waals surface area contributed by atoms with Crippen molar-refractivity contribution in [1.82, 2.24) is 0 Å². The van der Waals surface area contributed by atoms with E-state index in [4.69, 9.17) is 16.2 Å². The minimum atomic E-state index is -0.513. The molecular formula is C11H16FN3O. The summed E-state index contributed by atoms with van der Waals surface area (Å²) in [4.78, 5) is 1.78. The first-order valence-corrected chi connectivity index (χ1v) is 5.10. The minimum Gasteiger partial charge on any atom is -0.395 e. The van der Waals surface area contributed by atoms with Gasteiger partial charge >= 0.3 is 0 Å². The predicted molar refractivity (Wildman–Crippen MR) is 62.4 cm³/mol. The molecule has 0 aliphatic heterocycles. The van der Waals surface area contributed by atoms with Crippen LogP contribution >= 0.6 is 0 Å². The zero-order valence-corrected chi connectivity index (χ0v) is 9.20. The van der Waals surface area contributed by atoms with Gasteiger partial charge in [0.2, 0.25) is 0 Å². The molecule has 1 aromatic rings. The van der Waals surface area contributed by atoms with Crippen molar-refractivity contribution in [3.63, 3.8) is 0 Å². The molecule has 0 atom stereocenters. The van der Waals surface area contributed by atoms with Crippen LogP contribution in [0.2, 0.25) is 0 Å². The van der Waals surface area contributed by atoms with Crippen molar-refractivity contribution in [1.29, 1.82) is 5.41 Å². The molecule has 1 rings (SSSR count). The number of likely N-dealkylation sites (N-methyl/N-ethyl adjacent to an activating group) is 1. The van der Waals surface area contributed by atoms with E-state index in [1.54, 1.807) is 17.0 Å². The number of aliphatic hydroxyl groups is 1. The van der Waals surface area contributed by atoms with Crippen molar-refractivity contribution in [3.05, 3.63) is 29.6 Å². The maximum atomic E-state index is 13.5. The first-order chi connectivity index (χ1) is 7.61. The number of benzene rings is 1. The van der Waals surface area contributed by atoms with E-state index < -0.39 is 5.82 Å². The van der Waals surface area contributed by atoms with Crippen LogP contribution in [0.1, 0.15) is 12.5 Å². The van der Waals surface area contributed by atoms with Gasteiger partial charge in [0.1, 0.15) is 11.7 Å². The molecule has 1 aromatic carbocycles. The lowest BCUT2D eigenvalue weighted by molar-refractivity contribution is 0.302. The second-order valence-electron chi connectivity index (χ2n) is 3.35. The molecule has 0 aromatic heterocycles. The fraction of sp³-hybridized carbons (Fsp3) is 0.364. The van der Waals surface area contributed by atoms with Crippen molar-refractivity contribution in [2.75, 3.05) is 24.6 Å². The van der Waals surface area contributed by atoms with E-state index >= 15 is 0 Å². The van der Waals surface area contributed by atoms with Gasteiger partial charge in [-0.05, 0) is 19.1 Å². The molecule has 0 heterocycles. The highest BCUT2D eigenvalue weighted by atomic mass is 19.1. The summed E-state index contributed by atoms with van der Waals surface area (Å²) in [5, 5.41) is 16.3. The molecular weight excluding hydrogens is 209 g/mol. The molecule has 5 heteroatoms. The van der Waals surface area contributed by atoms with E-state index in [-0.39, 0.29) is 18.0 Å². The van der Waals surface area contributed by atoms with E-state index in [2.05, 4.69) is 0 Å². The van der Waals surface area contributed by atoms with Crippen molar-refractivity contribution in [2.24, 2.45) is 5.73 Å². The summed E-state index contributed by atoms with van der Waals surface area (Å²) in [5.41, 5.74) is 6.00. The Morgan fingerprint density at radius 3 is 2.75 bits per heavy atom. The molecule has 0 aliphatic carbocycles. The van der Waals surface area contributed by atoms with E-state index in [0.717, 1.165) is 0 Å². The lowest BCUT2D eigenvalue weighted by atomic mass is 10.1. The molecule has 0 saturated carbocycles. The first-order valence-electron chi connectivity index (χ1n) is 5.10. The van der Waals surface area contributed by atoms with E-state index in [9.17, 15) is 4.39 Å². The fourth-order valence-electron chi connectivity index (χ4n) is 1.61. The van der Waals surface area contributed by atoms with Crippen LogP contribution in [0.4, 0.5) is 10.1 Å². The summed E-state index contributed by atoms with van der Waals surface area (Å²) >= 11 is 0. The summed E-state index contributed by atoms with van der Waals surface area (Å²) in [6.45, 7) is 2.87. The lowest BCUT2D eigenvalue weighted by Crippen LogP contribution is -2.29. The van der Waals surface area contributed by atoms with E-state index in [0.29, 0.717) is 18.8 Å². The average Bonchev–Trinajstić information content (AvgIpc) is 2.25. The highest BCUT2D eigenvalue weighted by Gasteiger charge is 2.15. The largest absolute Gasteiger partial charge is 0.395 e. The second-order valence-corrected chi connectivity index (χ2v) is 3.35. The highest BCUT2D eigenvalue weighted by molar-refractivity contribution is 6.00. The zero-order chi connectivity index (χ0) is 12.1. The number of nitrogen functional groups attached to an aromatic ring is 1. The van der Waals surface area contributed by atoms with Gasteiger partial charge in [-0.1, -0.05) is 6.07 Å². The molecule has 0 saturated heterocycles. The van der Waals surface area contributed by atoms with Crippen molar-refractivity contribution < 1.29 is 9.50 Å². The Labute approximate surface area is 94.0 Å². The Hall–Kier alpha value is -1.62. The van der Waals surface area contributed by atoms with Gasteiger partial charge < -0.3 is 15.7 Å². The monoisotopic (exact) mass is 225 g/mol. The standard InChI is InChI=1S/C11H16FN3O/c1-2-15(6-7-16)9-5-3-4-8(12)10(9)11(13)14/h3-5,16H,2,6-7H2,1H3,(H3,13,14). The number of halogens is 1. The molecule has 0 spiro atoms. The Kier molecular flexibility index (Phi) is 4.25. The summed E-state index contributed by atoms with van der Waals surface area (Å²) in [5.74, 6) is -0.814. The topological polar surface area (TPSA) is 73.3 Å². The number of amidine groups is 1. The van der Waals surface area contributed by atoms with Crippen LogP contribution in [-0.2, 0) is 0 Å². The number of nitrogens with two attached hydrogens (primary N) is 1. The molecule has 4 nitrogen and oxygen atoms in total. The van der Waals surface area contributed by atoms with Crippen LogP contribution in [0.15, 0.2) is 18.2 Å². The molecule has 16 heavy (non-hydrogen) atoms. The summed E-state index contributed by atoms with van der Waals surface area (Å²) in [6, 6.07) is 4.53. The molecule has 88 valence electrons. The van der Waals surface area contributed by atoms with Crippen LogP contribution in [0.5, 0.6) is 0 Å². The molecule has 0 aliphatic rings. The number of rotatable bonds is 5. The minimum absolute atomic E-state index is 0.0261. The van der Waals surface area contributed by atoms with Crippen LogP contribution in [-0.4, -0.2) is 30.6 Å². The second kappa shape index (κ2) is 5.46. The smallest absolute Gasteiger partial charge is 0.136 e. The Balaban J connectivity index is 3.20. The molecule has 0 bridgehead atoms. The lowest BCUT2D eigenvalue weighted by Gasteiger charge is -2.24. The third kappa shape index (κ3) is 2.49. The van der Waals surface area contributed by atoms with Gasteiger partial charge in [-0.2, -0.15) is 0 Å². The maximum Gasteiger partial charge on any atom is 0.136 e. The molecule has 0 radical (unpaired) electrons. The summed E-state index contributed by atoms with van der Waals surface area (Å²) in [6.07, 6.45) is 0. The third-order valence-electron chi connectivity index (χ3n) is 2.35. The van der Waals surface area contributed by atoms with Gasteiger partial charge in [0.05, 0.1) is 17.9 Å². The Morgan fingerprint density at radius 1 is 1.56 bits per heavy atom. The number of nitrogens with zero attached hydrogens (tertiary/aromatic N) is 1. The molecule has 0 fully saturated rings. The molecule has 4 N–H and O–H groups in total. The predicted octanol–water partition coefficient (Wildman–Crippen LogP) is 0.928. The zero-order valence-electron chi connectivity index (χ0n) is 9.20. The average molecular weight is 225 g/mol. The van der Waals surface area contributed by atoms with Gasteiger partial charge in [-0.25, -0.2) is 4.39 Å². The Morgan fingerprint density at radius 2 is 2.25 bits per heavy atom. The SMILES string of the molecule is CCN(CCO)c1cccc(F)c1C(=N)N. The number of nitrogens with one attached hydrogen (secondary N) is 1. The maximum absolute atomic E-state index is 13.5. The van der Waals surface area contributed by atoms with Gasteiger partial charge in [0.25, 0.3) is 0 Å². The highest BCUT2D eigenvalue weighted by Crippen LogP contribution is 2.22. The van der Waals surface area contributed by atoms with E-state index in [1.165, 1.54) is 6.07 Å². The van der Waals surface area contributed by atoms with E-state index in [1.807, 2.05) is 6.92 Å². The van der Waals surface area contributed by atoms with Gasteiger partial charge in [-0.3, -0.25) is 5.41 Å². The normalized spacial score (nSPS) is 10.2. The van der Waals surface area contributed by atoms with Gasteiger partial charge in [0.15, 0.2) is 0 Å². The number of anilines is 1. The van der Waals surface area contributed by atoms with Crippen molar-refractivity contribution in [2.45, 2.75) is 6.92 Å². The quantitative estimate of drug-likeness (QED) is 0.515. The van der Waals surface area contributed by atoms with Crippen LogP contribution in [0.3, 0.4) is 0 Å². The fourth-order valence-corrected chi connectivity index (χ4v) is 1.61. The third-order valence-corrected chi connectivity index (χ3v) is 2.35. The molecule has 0 amide bonds. The number of hydrogen-bond donors (Lipinski definition) is 3. The summed E-state index contributed by atoms with van der Waals surface area (Å²) in [7, 11) is 0. The number of aliphatic hydroxyl groups excluding tert-OH is 1. The molecule has 0 unspecified atom stereocenters. The number of hydrogen-bond acceptors (Lipinski definition) is 3. The Bertz CT molecular complexity index is 381. The van der Waals surface area contributed by atoms with Crippen LogP contribution < -0.4 is 10.6 Å². The van der Waals surface area contributed by atoms with Crippen molar-refractivity contribution >= 4 is 11.5 Å². The summed E-state index contributed by atoms with van der Waals surface area (Å²) < 4.78 is 13.5. The van der Waals surface area contributed by atoms with Crippen molar-refractivity contribution in [3.8, 4) is 0 Å². The van der Waals surface area contributed by atoms with Crippen LogP contribution in [0.25, 0.3) is 0 Å².